The number of nitrogens with one attached hydrogen (secondary N) is 1. The van der Waals surface area contributed by atoms with Gasteiger partial charge >= 0.3 is 0 Å². The van der Waals surface area contributed by atoms with Gasteiger partial charge in [0.15, 0.2) is 0 Å². The van der Waals surface area contributed by atoms with Crippen LogP contribution in [0.25, 0.3) is 0 Å². The van der Waals surface area contributed by atoms with Gasteiger partial charge in [0.2, 0.25) is 0 Å². The molecule has 0 aliphatic rings. The number of halogens is 2. The van der Waals surface area contributed by atoms with Crippen LogP contribution in [-0.2, 0) is 0 Å². The van der Waals surface area contributed by atoms with E-state index in [4.69, 9.17) is 17.3 Å². The lowest BCUT2D eigenvalue weighted by atomic mass is 10.1. The fourth-order valence-corrected chi connectivity index (χ4v) is 2.02. The smallest absolute Gasteiger partial charge is 0.0620 e. The van der Waals surface area contributed by atoms with Crippen molar-refractivity contribution in [1.82, 2.24) is 0 Å². The molecule has 0 aromatic heterocycles. The molecule has 0 amide bonds. The number of anilines is 3. The summed E-state index contributed by atoms with van der Waals surface area (Å²) in [5, 5.41) is 3.96. The second kappa shape index (κ2) is 4.98. The normalized spacial score (nSPS) is 10.3. The quantitative estimate of drug-likeness (QED) is 0.786. The molecule has 0 saturated heterocycles. The number of hydrogen-bond donors (Lipinski definition) is 2. The first-order valence-corrected chi connectivity index (χ1v) is 6.32. The predicted octanol–water partition coefficient (Wildman–Crippen LogP) is 4.74. The molecule has 17 heavy (non-hydrogen) atoms. The molecule has 0 saturated carbocycles. The molecule has 3 N–H and O–H groups in total. The highest BCUT2D eigenvalue weighted by molar-refractivity contribution is 9.10. The van der Waals surface area contributed by atoms with Crippen LogP contribution in [0.4, 0.5) is 17.1 Å². The Balaban J connectivity index is 2.31. The summed E-state index contributed by atoms with van der Waals surface area (Å²) in [7, 11) is 0. The summed E-state index contributed by atoms with van der Waals surface area (Å²) in [6, 6.07) is 11.6. The molecule has 2 aromatic rings. The van der Waals surface area contributed by atoms with E-state index in [0.29, 0.717) is 5.02 Å². The third-order valence-corrected chi connectivity index (χ3v) is 3.74. The van der Waals surface area contributed by atoms with Gasteiger partial charge in [0.25, 0.3) is 0 Å². The first-order chi connectivity index (χ1) is 8.08. The Hall–Kier alpha value is -1.19. The van der Waals surface area contributed by atoms with E-state index in [9.17, 15) is 0 Å². The molecule has 0 atom stereocenters. The predicted molar refractivity (Wildman–Crippen MR) is 78.0 cm³/mol. The van der Waals surface area contributed by atoms with Gasteiger partial charge in [-0.3, -0.25) is 0 Å². The van der Waals surface area contributed by atoms with Crippen molar-refractivity contribution in [2.45, 2.75) is 6.92 Å². The Kier molecular flexibility index (Phi) is 3.60. The number of para-hydroxylation sites is 1. The van der Waals surface area contributed by atoms with Crippen LogP contribution < -0.4 is 11.1 Å². The van der Waals surface area contributed by atoms with Crippen molar-refractivity contribution in [2.24, 2.45) is 0 Å². The number of hydrogen-bond acceptors (Lipinski definition) is 2. The lowest BCUT2D eigenvalue weighted by Crippen LogP contribution is -1.98. The minimum Gasteiger partial charge on any atom is -0.397 e. The van der Waals surface area contributed by atoms with Gasteiger partial charge in [-0.2, -0.15) is 0 Å². The minimum atomic E-state index is 0.688. The average molecular weight is 312 g/mol. The number of nitrogen functional groups attached to an aromatic ring is 1. The van der Waals surface area contributed by atoms with Crippen LogP contribution in [0.2, 0.25) is 5.02 Å². The molecule has 0 spiro atoms. The molecule has 2 rings (SSSR count). The first-order valence-electron chi connectivity index (χ1n) is 5.15. The van der Waals surface area contributed by atoms with E-state index in [1.807, 2.05) is 43.3 Å². The van der Waals surface area contributed by atoms with Gasteiger partial charge in [0.05, 0.1) is 16.4 Å². The van der Waals surface area contributed by atoms with E-state index in [2.05, 4.69) is 21.2 Å². The molecule has 0 aliphatic carbocycles. The Morgan fingerprint density at radius 3 is 2.71 bits per heavy atom. The topological polar surface area (TPSA) is 38.0 Å². The second-order valence-corrected chi connectivity index (χ2v) is 5.05. The number of aryl methyl sites for hydroxylation is 1. The Morgan fingerprint density at radius 1 is 1.24 bits per heavy atom. The van der Waals surface area contributed by atoms with Gasteiger partial charge < -0.3 is 11.1 Å². The molecule has 0 bridgehead atoms. The molecule has 0 unspecified atom stereocenters. The van der Waals surface area contributed by atoms with Crippen molar-refractivity contribution in [2.75, 3.05) is 11.1 Å². The van der Waals surface area contributed by atoms with Gasteiger partial charge in [0, 0.05) is 10.2 Å². The summed E-state index contributed by atoms with van der Waals surface area (Å²) in [5.41, 5.74) is 9.66. The van der Waals surface area contributed by atoms with Crippen LogP contribution in [-0.4, -0.2) is 0 Å². The van der Waals surface area contributed by atoms with Crippen molar-refractivity contribution in [3.8, 4) is 0 Å². The summed E-state index contributed by atoms with van der Waals surface area (Å²) in [6.45, 7) is 1.98. The van der Waals surface area contributed by atoms with Gasteiger partial charge in [-0.25, -0.2) is 0 Å². The van der Waals surface area contributed by atoms with Crippen LogP contribution in [0, 0.1) is 6.92 Å². The third kappa shape index (κ3) is 2.73. The zero-order chi connectivity index (χ0) is 12.4. The first kappa shape index (κ1) is 12.3. The highest BCUT2D eigenvalue weighted by Gasteiger charge is 2.03. The Labute approximate surface area is 114 Å². The minimum absolute atomic E-state index is 0.688. The maximum absolute atomic E-state index is 6.00. The molecule has 0 aliphatic heterocycles. The highest BCUT2D eigenvalue weighted by Crippen LogP contribution is 2.30. The van der Waals surface area contributed by atoms with E-state index in [1.165, 1.54) is 0 Å². The molecule has 0 fully saturated rings. The summed E-state index contributed by atoms with van der Waals surface area (Å²) in [6.07, 6.45) is 0. The molecule has 0 radical (unpaired) electrons. The molecule has 2 nitrogen and oxygen atoms in total. The molecular formula is C13H12BrClN2. The summed E-state index contributed by atoms with van der Waals surface area (Å²) in [5.74, 6) is 0. The summed E-state index contributed by atoms with van der Waals surface area (Å²) < 4.78 is 0.857. The Morgan fingerprint density at radius 2 is 2.00 bits per heavy atom. The van der Waals surface area contributed by atoms with Crippen LogP contribution in [0.15, 0.2) is 40.9 Å². The van der Waals surface area contributed by atoms with Crippen molar-refractivity contribution in [3.63, 3.8) is 0 Å². The van der Waals surface area contributed by atoms with Crippen LogP contribution >= 0.6 is 27.5 Å². The maximum Gasteiger partial charge on any atom is 0.0620 e. The molecular weight excluding hydrogens is 300 g/mol. The van der Waals surface area contributed by atoms with Crippen LogP contribution in [0.1, 0.15) is 5.56 Å². The van der Waals surface area contributed by atoms with Crippen LogP contribution in [0.5, 0.6) is 0 Å². The lowest BCUT2D eigenvalue weighted by molar-refractivity contribution is 1.45. The third-order valence-electron chi connectivity index (χ3n) is 2.52. The standard InChI is InChI=1S/C13H12BrClN2/c1-8-3-2-4-12(13(8)16)17-9-5-6-11(15)10(14)7-9/h2-7,17H,16H2,1H3. The fourth-order valence-electron chi connectivity index (χ4n) is 1.52. The fraction of sp³-hybridized carbons (Fsp3) is 0.0769. The van der Waals surface area contributed by atoms with Gasteiger partial charge in [0.1, 0.15) is 0 Å². The van der Waals surface area contributed by atoms with E-state index in [-0.39, 0.29) is 0 Å². The second-order valence-electron chi connectivity index (χ2n) is 3.79. The highest BCUT2D eigenvalue weighted by atomic mass is 79.9. The zero-order valence-corrected chi connectivity index (χ0v) is 11.6. The number of nitrogens with two attached hydrogens (primary N) is 1. The van der Waals surface area contributed by atoms with Crippen molar-refractivity contribution >= 4 is 44.6 Å². The molecule has 88 valence electrons. The Bertz CT molecular complexity index is 555. The largest absolute Gasteiger partial charge is 0.397 e. The van der Waals surface area contributed by atoms with Gasteiger partial charge in [-0.15, -0.1) is 0 Å². The van der Waals surface area contributed by atoms with Crippen molar-refractivity contribution < 1.29 is 0 Å². The SMILES string of the molecule is Cc1cccc(Nc2ccc(Cl)c(Br)c2)c1N. The van der Waals surface area contributed by atoms with E-state index >= 15 is 0 Å². The average Bonchev–Trinajstić information content (AvgIpc) is 2.30. The zero-order valence-electron chi connectivity index (χ0n) is 9.30. The monoisotopic (exact) mass is 310 g/mol. The lowest BCUT2D eigenvalue weighted by Gasteiger charge is -2.11. The summed E-state index contributed by atoms with van der Waals surface area (Å²) >= 11 is 9.33. The molecule has 0 heterocycles. The van der Waals surface area contributed by atoms with Crippen molar-refractivity contribution in [1.29, 1.82) is 0 Å². The van der Waals surface area contributed by atoms with Crippen LogP contribution in [0.3, 0.4) is 0 Å². The van der Waals surface area contributed by atoms with E-state index in [1.54, 1.807) is 0 Å². The van der Waals surface area contributed by atoms with Gasteiger partial charge in [-0.1, -0.05) is 23.7 Å². The van der Waals surface area contributed by atoms with E-state index < -0.39 is 0 Å². The molecule has 2 aromatic carbocycles. The van der Waals surface area contributed by atoms with Gasteiger partial charge in [-0.05, 0) is 52.7 Å². The number of benzene rings is 2. The summed E-state index contributed by atoms with van der Waals surface area (Å²) in [4.78, 5) is 0. The van der Waals surface area contributed by atoms with Crippen molar-refractivity contribution in [3.05, 3.63) is 51.5 Å². The van der Waals surface area contributed by atoms with E-state index in [0.717, 1.165) is 27.1 Å². The molecule has 4 heteroatoms. The number of rotatable bonds is 2. The maximum atomic E-state index is 6.00.